The lowest BCUT2D eigenvalue weighted by Crippen LogP contribution is -2.37. The lowest BCUT2D eigenvalue weighted by molar-refractivity contribution is 0.607. The Kier molecular flexibility index (Phi) is 3.31. The Morgan fingerprint density at radius 3 is 2.46 bits per heavy atom. The number of imidazole rings is 1. The zero-order valence-electron chi connectivity index (χ0n) is 14.4. The van der Waals surface area contributed by atoms with Crippen LogP contribution in [0.2, 0.25) is 0 Å². The molecule has 0 aliphatic carbocycles. The van der Waals surface area contributed by atoms with Crippen molar-refractivity contribution in [1.82, 2.24) is 19.3 Å². The molecule has 0 radical (unpaired) electrons. The molecule has 2 aromatic heterocycles. The van der Waals surface area contributed by atoms with Gasteiger partial charge in [-0.25, -0.2) is 9.37 Å². The molecule has 4 aromatic rings. The van der Waals surface area contributed by atoms with Crippen LogP contribution in [-0.4, -0.2) is 32.4 Å². The summed E-state index contributed by atoms with van der Waals surface area (Å²) >= 11 is 0. The van der Waals surface area contributed by atoms with E-state index in [-0.39, 0.29) is 5.82 Å². The third-order valence-corrected chi connectivity index (χ3v) is 4.99. The largest absolute Gasteiger partial charge is 0.371 e. The topological polar surface area (TPSA) is 38.9 Å². The molecule has 1 fully saturated rings. The van der Waals surface area contributed by atoms with E-state index in [1.165, 1.54) is 0 Å². The number of aryl methyl sites for hydroxylation is 1. The number of fused-ring (bicyclic) bond motifs is 1. The number of halogens is 1. The van der Waals surface area contributed by atoms with Crippen molar-refractivity contribution in [2.45, 2.75) is 6.42 Å². The van der Waals surface area contributed by atoms with E-state index >= 15 is 0 Å². The number of rotatable bonds is 3. The summed E-state index contributed by atoms with van der Waals surface area (Å²) in [7, 11) is 1.90. The zero-order valence-corrected chi connectivity index (χ0v) is 14.4. The van der Waals surface area contributed by atoms with Gasteiger partial charge >= 0.3 is 0 Å². The molecule has 5 rings (SSSR count). The summed E-state index contributed by atoms with van der Waals surface area (Å²) in [5, 5.41) is 4.21. The number of nitrogens with zero attached hydrogens (tertiary/aromatic N) is 5. The number of aromatic nitrogens is 4. The molecular formula is C20H18FN5. The van der Waals surface area contributed by atoms with Gasteiger partial charge in [0.05, 0.1) is 11.7 Å². The van der Waals surface area contributed by atoms with E-state index < -0.39 is 0 Å². The minimum Gasteiger partial charge on any atom is -0.371 e. The van der Waals surface area contributed by atoms with E-state index in [1.54, 1.807) is 17.1 Å². The smallest absolute Gasteiger partial charge is 0.153 e. The molecule has 0 amide bonds. The Labute approximate surface area is 150 Å². The van der Waals surface area contributed by atoms with Crippen molar-refractivity contribution in [2.24, 2.45) is 7.05 Å². The van der Waals surface area contributed by atoms with Crippen LogP contribution in [0.15, 0.2) is 55.1 Å². The number of anilines is 1. The zero-order chi connectivity index (χ0) is 17.7. The second kappa shape index (κ2) is 5.69. The highest BCUT2D eigenvalue weighted by Crippen LogP contribution is 2.29. The Morgan fingerprint density at radius 2 is 1.81 bits per heavy atom. The Balaban J connectivity index is 1.57. The highest BCUT2D eigenvalue weighted by atomic mass is 19.1. The molecule has 5 nitrogen and oxygen atoms in total. The standard InChI is InChI=1S/C20H18FN5/c1-24-12-15(11-23-24)14-3-5-16(6-4-14)26-13-22-20-18(21)9-17(10-19(20)26)25-7-2-8-25/h3-6,9-13H,2,7-8H2,1H3. The fourth-order valence-electron chi connectivity index (χ4n) is 3.41. The molecule has 1 aliphatic rings. The molecule has 6 heteroatoms. The molecular weight excluding hydrogens is 329 g/mol. The summed E-state index contributed by atoms with van der Waals surface area (Å²) in [6.45, 7) is 1.97. The average Bonchev–Trinajstić information content (AvgIpc) is 3.20. The van der Waals surface area contributed by atoms with Gasteiger partial charge in [0.15, 0.2) is 5.82 Å². The summed E-state index contributed by atoms with van der Waals surface area (Å²) in [4.78, 5) is 6.46. The first-order valence-electron chi connectivity index (χ1n) is 8.70. The summed E-state index contributed by atoms with van der Waals surface area (Å²) in [5.74, 6) is -0.268. The molecule has 0 saturated carbocycles. The first kappa shape index (κ1) is 15.1. The minimum atomic E-state index is -0.268. The van der Waals surface area contributed by atoms with Crippen molar-refractivity contribution in [3.63, 3.8) is 0 Å². The SMILES string of the molecule is Cn1cc(-c2ccc(-n3cnc4c(F)cc(N5CCC5)cc43)cc2)cn1. The molecule has 1 aliphatic heterocycles. The maximum atomic E-state index is 14.5. The lowest BCUT2D eigenvalue weighted by atomic mass is 10.1. The molecule has 0 N–H and O–H groups in total. The van der Waals surface area contributed by atoms with E-state index in [0.29, 0.717) is 5.52 Å². The van der Waals surface area contributed by atoms with Crippen molar-refractivity contribution < 1.29 is 4.39 Å². The summed E-state index contributed by atoms with van der Waals surface area (Å²) < 4.78 is 18.2. The fraction of sp³-hybridized carbons (Fsp3) is 0.200. The van der Waals surface area contributed by atoms with Gasteiger partial charge in [-0.15, -0.1) is 0 Å². The van der Waals surface area contributed by atoms with E-state index in [2.05, 4.69) is 15.0 Å². The molecule has 0 atom stereocenters. The first-order valence-corrected chi connectivity index (χ1v) is 8.70. The van der Waals surface area contributed by atoms with Crippen molar-refractivity contribution in [3.05, 3.63) is 60.9 Å². The summed E-state index contributed by atoms with van der Waals surface area (Å²) in [6.07, 6.45) is 6.67. The van der Waals surface area contributed by atoms with Crippen molar-refractivity contribution in [3.8, 4) is 16.8 Å². The molecule has 0 bridgehead atoms. The van der Waals surface area contributed by atoms with Gasteiger partial charge in [-0.3, -0.25) is 9.25 Å². The van der Waals surface area contributed by atoms with Gasteiger partial charge in [-0.05, 0) is 36.2 Å². The highest BCUT2D eigenvalue weighted by Gasteiger charge is 2.18. The van der Waals surface area contributed by atoms with Gasteiger partial charge in [-0.2, -0.15) is 5.10 Å². The van der Waals surface area contributed by atoms with Crippen molar-refractivity contribution >= 4 is 16.7 Å². The summed E-state index contributed by atoms with van der Waals surface area (Å²) in [5.41, 5.74) is 5.25. The van der Waals surface area contributed by atoms with Gasteiger partial charge in [0.1, 0.15) is 11.8 Å². The van der Waals surface area contributed by atoms with Crippen molar-refractivity contribution in [2.75, 3.05) is 18.0 Å². The molecule has 0 spiro atoms. The van der Waals surface area contributed by atoms with Crippen LogP contribution in [-0.2, 0) is 7.05 Å². The van der Waals surface area contributed by atoms with Gasteiger partial charge in [0.25, 0.3) is 0 Å². The third-order valence-electron chi connectivity index (χ3n) is 4.99. The summed E-state index contributed by atoms with van der Waals surface area (Å²) in [6, 6.07) is 11.8. The van der Waals surface area contributed by atoms with Gasteiger partial charge < -0.3 is 4.90 Å². The Bertz CT molecular complexity index is 1090. The van der Waals surface area contributed by atoms with Crippen molar-refractivity contribution in [1.29, 1.82) is 0 Å². The molecule has 3 heterocycles. The predicted molar refractivity (Wildman–Crippen MR) is 100 cm³/mol. The Hall–Kier alpha value is -3.15. The monoisotopic (exact) mass is 347 g/mol. The molecule has 0 unspecified atom stereocenters. The van der Waals surface area contributed by atoms with E-state index in [1.807, 2.05) is 54.3 Å². The highest BCUT2D eigenvalue weighted by molar-refractivity contribution is 5.82. The second-order valence-corrected chi connectivity index (χ2v) is 6.70. The van der Waals surface area contributed by atoms with Crippen LogP contribution >= 0.6 is 0 Å². The van der Waals surface area contributed by atoms with Crippen LogP contribution in [0.5, 0.6) is 0 Å². The number of hydrogen-bond donors (Lipinski definition) is 0. The molecule has 2 aromatic carbocycles. The van der Waals surface area contributed by atoms with Crippen LogP contribution < -0.4 is 4.90 Å². The number of hydrogen-bond acceptors (Lipinski definition) is 3. The minimum absolute atomic E-state index is 0.268. The first-order chi connectivity index (χ1) is 12.7. The third kappa shape index (κ3) is 2.37. The molecule has 130 valence electrons. The van der Waals surface area contributed by atoms with Crippen LogP contribution in [0.25, 0.3) is 27.8 Å². The maximum Gasteiger partial charge on any atom is 0.153 e. The van der Waals surface area contributed by atoms with E-state index in [9.17, 15) is 4.39 Å². The predicted octanol–water partition coefficient (Wildman–Crippen LogP) is 3.78. The van der Waals surface area contributed by atoms with Crippen LogP contribution in [0.1, 0.15) is 6.42 Å². The molecule has 1 saturated heterocycles. The lowest BCUT2D eigenvalue weighted by Gasteiger charge is -2.33. The van der Waals surface area contributed by atoms with Crippen LogP contribution in [0, 0.1) is 5.82 Å². The van der Waals surface area contributed by atoms with E-state index in [0.717, 1.165) is 47.5 Å². The van der Waals surface area contributed by atoms with Crippen LogP contribution in [0.3, 0.4) is 0 Å². The van der Waals surface area contributed by atoms with Gasteiger partial charge in [0.2, 0.25) is 0 Å². The average molecular weight is 347 g/mol. The normalized spacial score (nSPS) is 14.0. The number of benzene rings is 2. The van der Waals surface area contributed by atoms with E-state index in [4.69, 9.17) is 0 Å². The Morgan fingerprint density at radius 1 is 1.00 bits per heavy atom. The molecule has 26 heavy (non-hydrogen) atoms. The maximum absolute atomic E-state index is 14.5. The quantitative estimate of drug-likeness (QED) is 0.566. The van der Waals surface area contributed by atoms with Crippen LogP contribution in [0.4, 0.5) is 10.1 Å². The fourth-order valence-corrected chi connectivity index (χ4v) is 3.41. The van der Waals surface area contributed by atoms with Gasteiger partial charge in [0, 0.05) is 43.3 Å². The second-order valence-electron chi connectivity index (χ2n) is 6.70. The van der Waals surface area contributed by atoms with Gasteiger partial charge in [-0.1, -0.05) is 12.1 Å².